The average molecular weight is 317 g/mol. The Bertz CT molecular complexity index is 457. The third-order valence-electron chi connectivity index (χ3n) is 2.54. The average Bonchev–Trinajstić information content (AvgIpc) is 2.42. The van der Waals surface area contributed by atoms with E-state index in [0.29, 0.717) is 36.3 Å². The van der Waals surface area contributed by atoms with Gasteiger partial charge in [-0.05, 0) is 19.1 Å². The molecule has 118 valence electrons. The monoisotopic (exact) mass is 316 g/mol. The summed E-state index contributed by atoms with van der Waals surface area (Å²) < 4.78 is 15.4. The first-order valence-corrected chi connectivity index (χ1v) is 6.93. The molecule has 7 heteroatoms. The number of amides is 2. The zero-order chi connectivity index (χ0) is 15.7. The van der Waals surface area contributed by atoms with Crippen molar-refractivity contribution in [3.8, 4) is 5.75 Å². The zero-order valence-corrected chi connectivity index (χ0v) is 13.2. The number of urea groups is 1. The molecule has 0 fully saturated rings. The number of anilines is 1. The molecule has 0 unspecified atom stereocenters. The third kappa shape index (κ3) is 6.20. The largest absolute Gasteiger partial charge is 0.487 e. The van der Waals surface area contributed by atoms with E-state index in [9.17, 15) is 4.79 Å². The highest BCUT2D eigenvalue weighted by molar-refractivity contribution is 6.32. The fourth-order valence-electron chi connectivity index (χ4n) is 1.65. The molecule has 2 N–H and O–H groups in total. The van der Waals surface area contributed by atoms with Gasteiger partial charge in [0.1, 0.15) is 6.61 Å². The van der Waals surface area contributed by atoms with Gasteiger partial charge < -0.3 is 24.8 Å². The highest BCUT2D eigenvalue weighted by atomic mass is 35.5. The van der Waals surface area contributed by atoms with Crippen LogP contribution in [0.5, 0.6) is 5.75 Å². The van der Waals surface area contributed by atoms with Gasteiger partial charge in [-0.1, -0.05) is 17.7 Å². The molecular weight excluding hydrogens is 296 g/mol. The number of methoxy groups -OCH3 is 2. The second kappa shape index (κ2) is 9.44. The van der Waals surface area contributed by atoms with E-state index in [0.717, 1.165) is 0 Å². The number of benzene rings is 1. The molecule has 1 aromatic rings. The summed E-state index contributed by atoms with van der Waals surface area (Å²) in [5.41, 5.74) is 0.501. The molecule has 0 aromatic heterocycles. The Morgan fingerprint density at radius 3 is 2.71 bits per heavy atom. The Morgan fingerprint density at radius 2 is 2.05 bits per heavy atom. The van der Waals surface area contributed by atoms with E-state index >= 15 is 0 Å². The molecule has 1 aromatic carbocycles. The first-order valence-electron chi connectivity index (χ1n) is 6.55. The maximum absolute atomic E-state index is 11.9. The Morgan fingerprint density at radius 1 is 1.29 bits per heavy atom. The van der Waals surface area contributed by atoms with Crippen molar-refractivity contribution in [1.82, 2.24) is 5.32 Å². The number of hydrogen-bond acceptors (Lipinski definition) is 4. The molecule has 0 radical (unpaired) electrons. The molecule has 0 spiro atoms. The van der Waals surface area contributed by atoms with Crippen LogP contribution in [0.25, 0.3) is 0 Å². The van der Waals surface area contributed by atoms with Crippen molar-refractivity contribution in [2.24, 2.45) is 0 Å². The lowest BCUT2D eigenvalue weighted by atomic mass is 10.3. The molecule has 6 nitrogen and oxygen atoms in total. The van der Waals surface area contributed by atoms with Gasteiger partial charge in [0.25, 0.3) is 0 Å². The van der Waals surface area contributed by atoms with E-state index in [2.05, 4.69) is 10.6 Å². The van der Waals surface area contributed by atoms with Crippen LogP contribution in [0.1, 0.15) is 6.92 Å². The topological polar surface area (TPSA) is 68.8 Å². The predicted octanol–water partition coefficient (Wildman–Crippen LogP) is 2.52. The smallest absolute Gasteiger partial charge is 0.319 e. The molecule has 0 aliphatic carbocycles. The number of hydrogen-bond donors (Lipinski definition) is 2. The van der Waals surface area contributed by atoms with Crippen LogP contribution in [0.4, 0.5) is 10.5 Å². The Labute approximate surface area is 129 Å². The van der Waals surface area contributed by atoms with Crippen LogP contribution in [-0.4, -0.2) is 46.1 Å². The van der Waals surface area contributed by atoms with Crippen LogP contribution in [0.2, 0.25) is 5.02 Å². The number of ether oxygens (including phenoxy) is 3. The maximum atomic E-state index is 11.9. The van der Waals surface area contributed by atoms with Crippen LogP contribution in [0.15, 0.2) is 18.2 Å². The van der Waals surface area contributed by atoms with Crippen molar-refractivity contribution >= 4 is 23.3 Å². The van der Waals surface area contributed by atoms with Crippen molar-refractivity contribution < 1.29 is 19.0 Å². The minimum absolute atomic E-state index is 0.105. The summed E-state index contributed by atoms with van der Waals surface area (Å²) in [6.07, 6.45) is 0. The molecule has 21 heavy (non-hydrogen) atoms. The van der Waals surface area contributed by atoms with E-state index in [1.54, 1.807) is 32.4 Å². The fraction of sp³-hybridized carbons (Fsp3) is 0.500. The molecule has 1 rings (SSSR count). The van der Waals surface area contributed by atoms with Gasteiger partial charge in [0.2, 0.25) is 0 Å². The predicted molar refractivity (Wildman–Crippen MR) is 82.3 cm³/mol. The highest BCUT2D eigenvalue weighted by Crippen LogP contribution is 2.32. The van der Waals surface area contributed by atoms with Gasteiger partial charge in [0.15, 0.2) is 5.75 Å². The number of carbonyl (C=O) groups excluding carboxylic acids is 1. The van der Waals surface area contributed by atoms with E-state index in [-0.39, 0.29) is 12.1 Å². The van der Waals surface area contributed by atoms with Gasteiger partial charge in [-0.15, -0.1) is 0 Å². The number of para-hydroxylation sites is 1. The first-order chi connectivity index (χ1) is 10.1. The SMILES string of the molecule is COCCOc1c(Cl)cccc1NC(=O)N[C@H](C)COC. The van der Waals surface area contributed by atoms with Gasteiger partial charge in [0, 0.05) is 14.2 Å². The Kier molecular flexibility index (Phi) is 7.89. The summed E-state index contributed by atoms with van der Waals surface area (Å²) >= 11 is 6.09. The van der Waals surface area contributed by atoms with Crippen molar-refractivity contribution in [2.45, 2.75) is 13.0 Å². The second-order valence-electron chi connectivity index (χ2n) is 4.41. The lowest BCUT2D eigenvalue weighted by Gasteiger charge is -2.16. The Balaban J connectivity index is 2.68. The van der Waals surface area contributed by atoms with Crippen LogP contribution in [0, 0.1) is 0 Å². The van der Waals surface area contributed by atoms with E-state index in [1.165, 1.54) is 0 Å². The van der Waals surface area contributed by atoms with Crippen molar-refractivity contribution in [3.05, 3.63) is 23.2 Å². The summed E-state index contributed by atoms with van der Waals surface area (Å²) in [6, 6.07) is 4.69. The molecule has 1 atom stereocenters. The summed E-state index contributed by atoms with van der Waals surface area (Å²) in [6.45, 7) is 3.05. The molecule has 0 bridgehead atoms. The van der Waals surface area contributed by atoms with Gasteiger partial charge in [-0.25, -0.2) is 4.79 Å². The summed E-state index contributed by atoms with van der Waals surface area (Å²) in [5.74, 6) is 0.422. The number of carbonyl (C=O) groups is 1. The normalized spacial score (nSPS) is 11.8. The molecule has 0 saturated carbocycles. The number of rotatable bonds is 8. The van der Waals surface area contributed by atoms with Crippen LogP contribution in [-0.2, 0) is 9.47 Å². The zero-order valence-electron chi connectivity index (χ0n) is 12.4. The molecule has 0 saturated heterocycles. The molecule has 2 amide bonds. The lowest BCUT2D eigenvalue weighted by Crippen LogP contribution is -2.38. The van der Waals surface area contributed by atoms with E-state index < -0.39 is 0 Å². The molecule has 0 aliphatic heterocycles. The summed E-state index contributed by atoms with van der Waals surface area (Å²) in [4.78, 5) is 11.9. The number of halogens is 1. The first kappa shape index (κ1) is 17.6. The summed E-state index contributed by atoms with van der Waals surface area (Å²) in [5, 5.41) is 5.88. The van der Waals surface area contributed by atoms with Crippen LogP contribution in [0.3, 0.4) is 0 Å². The maximum Gasteiger partial charge on any atom is 0.319 e. The fourth-order valence-corrected chi connectivity index (χ4v) is 1.88. The standard InChI is InChI=1S/C14H21ClN2O4/c1-10(9-20-3)16-14(18)17-12-6-4-5-11(15)13(12)21-8-7-19-2/h4-6,10H,7-9H2,1-3H3,(H2,16,17,18)/t10-/m1/s1. The third-order valence-corrected chi connectivity index (χ3v) is 2.84. The molecule has 0 heterocycles. The van der Waals surface area contributed by atoms with E-state index in [1.807, 2.05) is 6.92 Å². The van der Waals surface area contributed by atoms with Crippen LogP contribution >= 0.6 is 11.6 Å². The Hall–Kier alpha value is -1.50. The van der Waals surface area contributed by atoms with Gasteiger partial charge in [0.05, 0.1) is 30.0 Å². The molecule has 0 aliphatic rings. The minimum atomic E-state index is -0.349. The highest BCUT2D eigenvalue weighted by Gasteiger charge is 2.13. The van der Waals surface area contributed by atoms with E-state index in [4.69, 9.17) is 25.8 Å². The quantitative estimate of drug-likeness (QED) is 0.723. The van der Waals surface area contributed by atoms with Gasteiger partial charge in [-0.2, -0.15) is 0 Å². The summed E-state index contributed by atoms with van der Waals surface area (Å²) in [7, 11) is 3.16. The second-order valence-corrected chi connectivity index (χ2v) is 4.82. The van der Waals surface area contributed by atoms with Crippen LogP contribution < -0.4 is 15.4 Å². The number of nitrogens with one attached hydrogen (secondary N) is 2. The van der Waals surface area contributed by atoms with Crippen molar-refractivity contribution in [1.29, 1.82) is 0 Å². The lowest BCUT2D eigenvalue weighted by molar-refractivity contribution is 0.146. The van der Waals surface area contributed by atoms with Crippen molar-refractivity contribution in [2.75, 3.05) is 39.4 Å². The van der Waals surface area contributed by atoms with Gasteiger partial charge in [-0.3, -0.25) is 0 Å². The molecular formula is C14H21ClN2O4. The minimum Gasteiger partial charge on any atom is -0.487 e. The van der Waals surface area contributed by atoms with Crippen molar-refractivity contribution in [3.63, 3.8) is 0 Å². The van der Waals surface area contributed by atoms with Gasteiger partial charge >= 0.3 is 6.03 Å².